The Hall–Kier alpha value is -3.09. The highest BCUT2D eigenvalue weighted by Crippen LogP contribution is 2.38. The molecule has 4 nitrogen and oxygen atoms in total. The van der Waals surface area contributed by atoms with Crippen molar-refractivity contribution in [3.05, 3.63) is 105 Å². The maximum atomic E-state index is 14.3. The van der Waals surface area contributed by atoms with Gasteiger partial charge in [-0.2, -0.15) is 0 Å². The van der Waals surface area contributed by atoms with E-state index in [1.165, 1.54) is 18.2 Å². The van der Waals surface area contributed by atoms with Gasteiger partial charge in [-0.25, -0.2) is 13.8 Å². The SMILES string of the molecule is COc1cc(C(C)(C)c2cnc(NCc3ccc(Cl)cc3F)n2-c2ccc(F)cc2)ccc1Cl. The molecule has 0 saturated heterocycles. The number of halogens is 4. The standard InChI is InChI=1S/C26H23Cl2F2N3O/c1-26(2,17-5-11-21(28)23(12-17)34-3)24-15-32-25(33(24)20-9-7-19(29)8-10-20)31-14-16-4-6-18(27)13-22(16)30/h4-13,15H,14H2,1-3H3,(H,31,32). The Morgan fingerprint density at radius 1 is 1.00 bits per heavy atom. The van der Waals surface area contributed by atoms with Crippen molar-refractivity contribution >= 4 is 29.2 Å². The van der Waals surface area contributed by atoms with Crippen molar-refractivity contribution in [3.8, 4) is 11.4 Å². The van der Waals surface area contributed by atoms with Gasteiger partial charge in [0.1, 0.15) is 17.4 Å². The summed E-state index contributed by atoms with van der Waals surface area (Å²) in [5.74, 6) is 0.306. The molecule has 0 aliphatic carbocycles. The van der Waals surface area contributed by atoms with Crippen LogP contribution in [0.4, 0.5) is 14.7 Å². The zero-order chi connectivity index (χ0) is 24.5. The van der Waals surface area contributed by atoms with Gasteiger partial charge in [-0.3, -0.25) is 4.57 Å². The van der Waals surface area contributed by atoms with Crippen LogP contribution in [-0.2, 0) is 12.0 Å². The number of benzene rings is 3. The van der Waals surface area contributed by atoms with Gasteiger partial charge in [0, 0.05) is 28.2 Å². The molecule has 0 bridgehead atoms. The molecule has 8 heteroatoms. The summed E-state index contributed by atoms with van der Waals surface area (Å²) in [6.07, 6.45) is 1.75. The molecular formula is C26H23Cl2F2N3O. The van der Waals surface area contributed by atoms with Crippen LogP contribution < -0.4 is 10.1 Å². The number of nitrogens with one attached hydrogen (secondary N) is 1. The lowest BCUT2D eigenvalue weighted by molar-refractivity contribution is 0.413. The molecule has 0 fully saturated rings. The third-order valence-electron chi connectivity index (χ3n) is 5.81. The van der Waals surface area contributed by atoms with E-state index >= 15 is 0 Å². The summed E-state index contributed by atoms with van der Waals surface area (Å²) < 4.78 is 35.3. The summed E-state index contributed by atoms with van der Waals surface area (Å²) in [4.78, 5) is 4.58. The second-order valence-electron chi connectivity index (χ2n) is 8.34. The van der Waals surface area contributed by atoms with Crippen molar-refractivity contribution in [3.63, 3.8) is 0 Å². The van der Waals surface area contributed by atoms with Crippen LogP contribution in [0.5, 0.6) is 5.75 Å². The highest BCUT2D eigenvalue weighted by molar-refractivity contribution is 6.32. The van der Waals surface area contributed by atoms with E-state index in [2.05, 4.69) is 24.1 Å². The monoisotopic (exact) mass is 501 g/mol. The molecule has 1 N–H and O–H groups in total. The van der Waals surface area contributed by atoms with E-state index in [4.69, 9.17) is 27.9 Å². The van der Waals surface area contributed by atoms with Gasteiger partial charge in [0.05, 0.1) is 24.0 Å². The summed E-state index contributed by atoms with van der Waals surface area (Å²) in [7, 11) is 1.57. The lowest BCUT2D eigenvalue weighted by Gasteiger charge is -2.28. The average molecular weight is 502 g/mol. The number of aromatic nitrogens is 2. The number of hydrogen-bond acceptors (Lipinski definition) is 3. The summed E-state index contributed by atoms with van der Waals surface area (Å²) in [5.41, 5.74) is 2.41. The molecule has 0 aliphatic heterocycles. The highest BCUT2D eigenvalue weighted by Gasteiger charge is 2.30. The van der Waals surface area contributed by atoms with Crippen LogP contribution in [0, 0.1) is 11.6 Å². The van der Waals surface area contributed by atoms with Gasteiger partial charge in [-0.1, -0.05) is 49.2 Å². The van der Waals surface area contributed by atoms with E-state index in [9.17, 15) is 8.78 Å². The van der Waals surface area contributed by atoms with Crippen LogP contribution in [0.15, 0.2) is 66.9 Å². The minimum atomic E-state index is -0.537. The fourth-order valence-corrected chi connectivity index (χ4v) is 4.16. The van der Waals surface area contributed by atoms with Crippen LogP contribution in [0.25, 0.3) is 5.69 Å². The van der Waals surface area contributed by atoms with E-state index in [1.807, 2.05) is 16.7 Å². The molecule has 0 spiro atoms. The fraction of sp³-hybridized carbons (Fsp3) is 0.192. The number of imidazole rings is 1. The van der Waals surface area contributed by atoms with Gasteiger partial charge in [0.2, 0.25) is 5.95 Å². The topological polar surface area (TPSA) is 39.1 Å². The van der Waals surface area contributed by atoms with E-state index in [-0.39, 0.29) is 12.4 Å². The Kier molecular flexibility index (Phi) is 6.82. The van der Waals surface area contributed by atoms with Gasteiger partial charge in [0.25, 0.3) is 0 Å². The summed E-state index contributed by atoms with van der Waals surface area (Å²) in [5, 5.41) is 4.05. The molecule has 34 heavy (non-hydrogen) atoms. The normalized spacial score (nSPS) is 11.5. The molecule has 1 heterocycles. The van der Waals surface area contributed by atoms with Gasteiger partial charge in [-0.15, -0.1) is 0 Å². The zero-order valence-electron chi connectivity index (χ0n) is 18.9. The minimum absolute atomic E-state index is 0.190. The number of ether oxygens (including phenoxy) is 1. The fourth-order valence-electron chi connectivity index (χ4n) is 3.80. The maximum Gasteiger partial charge on any atom is 0.208 e. The van der Waals surface area contributed by atoms with Crippen LogP contribution >= 0.6 is 23.2 Å². The van der Waals surface area contributed by atoms with Crippen molar-refractivity contribution in [2.45, 2.75) is 25.8 Å². The number of anilines is 1. The van der Waals surface area contributed by atoms with Crippen molar-refractivity contribution in [2.75, 3.05) is 12.4 Å². The lowest BCUT2D eigenvalue weighted by atomic mass is 9.81. The van der Waals surface area contributed by atoms with Crippen LogP contribution in [0.2, 0.25) is 10.0 Å². The average Bonchev–Trinajstić information content (AvgIpc) is 3.24. The Morgan fingerprint density at radius 2 is 1.74 bits per heavy atom. The molecule has 1 aromatic heterocycles. The first-order valence-corrected chi connectivity index (χ1v) is 11.3. The molecule has 176 valence electrons. The van der Waals surface area contributed by atoms with E-state index in [1.54, 1.807) is 43.6 Å². The third-order valence-corrected chi connectivity index (χ3v) is 6.36. The van der Waals surface area contributed by atoms with E-state index < -0.39 is 11.2 Å². The Labute approximate surface area is 207 Å². The summed E-state index contributed by atoms with van der Waals surface area (Å²) in [6.45, 7) is 4.29. The molecule has 0 radical (unpaired) electrons. The number of methoxy groups -OCH3 is 1. The van der Waals surface area contributed by atoms with Crippen molar-refractivity contribution in [1.82, 2.24) is 9.55 Å². The first-order chi connectivity index (χ1) is 16.2. The Bertz CT molecular complexity index is 1320. The maximum absolute atomic E-state index is 14.3. The van der Waals surface area contributed by atoms with Crippen molar-refractivity contribution < 1.29 is 13.5 Å². The zero-order valence-corrected chi connectivity index (χ0v) is 20.4. The highest BCUT2D eigenvalue weighted by atomic mass is 35.5. The first-order valence-electron chi connectivity index (χ1n) is 10.6. The largest absolute Gasteiger partial charge is 0.495 e. The molecule has 0 amide bonds. The van der Waals surface area contributed by atoms with Gasteiger partial charge in [0.15, 0.2) is 0 Å². The van der Waals surface area contributed by atoms with Crippen LogP contribution in [-0.4, -0.2) is 16.7 Å². The summed E-state index contributed by atoms with van der Waals surface area (Å²) >= 11 is 12.1. The van der Waals surface area contributed by atoms with Crippen LogP contribution in [0.3, 0.4) is 0 Å². The number of nitrogens with zero attached hydrogens (tertiary/aromatic N) is 2. The minimum Gasteiger partial charge on any atom is -0.495 e. The smallest absolute Gasteiger partial charge is 0.208 e. The molecular weight excluding hydrogens is 479 g/mol. The van der Waals surface area contributed by atoms with Gasteiger partial charge in [-0.05, 0) is 54.1 Å². The number of hydrogen-bond donors (Lipinski definition) is 1. The Morgan fingerprint density at radius 3 is 2.41 bits per heavy atom. The summed E-state index contributed by atoms with van der Waals surface area (Å²) in [6, 6.07) is 16.3. The number of rotatable bonds is 7. The predicted octanol–water partition coefficient (Wildman–Crippen LogP) is 7.40. The third kappa shape index (κ3) is 4.74. The molecule has 3 aromatic carbocycles. The van der Waals surface area contributed by atoms with Crippen molar-refractivity contribution in [1.29, 1.82) is 0 Å². The lowest BCUT2D eigenvalue weighted by Crippen LogP contribution is -2.23. The molecule has 0 atom stereocenters. The molecule has 0 aliphatic rings. The van der Waals surface area contributed by atoms with Crippen molar-refractivity contribution in [2.24, 2.45) is 0 Å². The predicted molar refractivity (Wildman–Crippen MR) is 132 cm³/mol. The molecule has 4 rings (SSSR count). The van der Waals surface area contributed by atoms with Crippen LogP contribution in [0.1, 0.15) is 30.7 Å². The Balaban J connectivity index is 1.78. The van der Waals surface area contributed by atoms with E-state index in [0.717, 1.165) is 11.3 Å². The second kappa shape index (κ2) is 9.65. The quantitative estimate of drug-likeness (QED) is 0.286. The first kappa shape index (κ1) is 24.0. The van der Waals surface area contributed by atoms with Gasteiger partial charge < -0.3 is 10.1 Å². The second-order valence-corrected chi connectivity index (χ2v) is 9.19. The van der Waals surface area contributed by atoms with Gasteiger partial charge >= 0.3 is 0 Å². The molecule has 0 unspecified atom stereocenters. The molecule has 4 aromatic rings. The molecule has 0 saturated carbocycles. The van der Waals surface area contributed by atoms with E-state index in [0.29, 0.717) is 33.0 Å².